The van der Waals surface area contributed by atoms with Crippen LogP contribution in [0.1, 0.15) is 20.8 Å². The quantitative estimate of drug-likeness (QED) is 0.245. The van der Waals surface area contributed by atoms with Crippen molar-refractivity contribution in [2.45, 2.75) is 9.65 Å². The molecule has 4 aromatic rings. The average molecular weight is 492 g/mol. The third kappa shape index (κ3) is 4.29. The number of hydrogen-bond donors (Lipinski definition) is 0. The van der Waals surface area contributed by atoms with Crippen molar-refractivity contribution in [2.24, 2.45) is 0 Å². The second-order valence-electron chi connectivity index (χ2n) is 6.78. The highest BCUT2D eigenvalue weighted by Gasteiger charge is 2.20. The van der Waals surface area contributed by atoms with E-state index in [2.05, 4.69) is 129 Å². The Hall–Kier alpha value is -2.16. The molecule has 0 radical (unpaired) electrons. The lowest BCUT2D eigenvalue weighted by Crippen LogP contribution is -1.99. The Kier molecular flexibility index (Phi) is 6.09. The molecule has 0 saturated heterocycles. The Balaban J connectivity index is 1.56. The van der Waals surface area contributed by atoms with Gasteiger partial charge in [0.15, 0.2) is 0 Å². The second-order valence-corrected chi connectivity index (χ2v) is 8.76. The monoisotopic (exact) mass is 490 g/mol. The molecule has 2 unspecified atom stereocenters. The van der Waals surface area contributed by atoms with E-state index in [-0.39, 0.29) is 9.65 Å². The lowest BCUT2D eigenvalue weighted by molar-refractivity contribution is 0.938. The van der Waals surface area contributed by atoms with Crippen LogP contribution in [0.15, 0.2) is 109 Å². The van der Waals surface area contributed by atoms with Crippen LogP contribution in [0, 0.1) is 0 Å². The van der Waals surface area contributed by atoms with E-state index in [1.807, 2.05) is 12.1 Å². The van der Waals surface area contributed by atoms with E-state index in [1.54, 1.807) is 0 Å². The van der Waals surface area contributed by atoms with Crippen LogP contribution in [0.25, 0.3) is 22.3 Å². The lowest BCUT2D eigenvalue weighted by atomic mass is 9.98. The summed E-state index contributed by atoms with van der Waals surface area (Å²) in [5.74, 6) is 0. The summed E-state index contributed by atoms with van der Waals surface area (Å²) >= 11 is 7.81. The van der Waals surface area contributed by atoms with Gasteiger partial charge < -0.3 is 0 Å². The van der Waals surface area contributed by atoms with E-state index >= 15 is 0 Å². The van der Waals surface area contributed by atoms with Gasteiger partial charge in [0.05, 0.1) is 9.65 Å². The third-order valence-corrected chi connectivity index (χ3v) is 7.73. The normalized spacial score (nSPS) is 13.1. The molecule has 0 amide bonds. The SMILES string of the molecule is BrC(c1ccc(-c2ccccc2)cc1)C(Br)c1cccc(-c2ccccc2)c1. The van der Waals surface area contributed by atoms with Crippen molar-refractivity contribution in [3.8, 4) is 22.3 Å². The van der Waals surface area contributed by atoms with Crippen molar-refractivity contribution < 1.29 is 0 Å². The highest BCUT2D eigenvalue weighted by Crippen LogP contribution is 2.43. The Morgan fingerprint density at radius 3 is 1.46 bits per heavy atom. The summed E-state index contributed by atoms with van der Waals surface area (Å²) in [7, 11) is 0. The van der Waals surface area contributed by atoms with Crippen molar-refractivity contribution in [2.75, 3.05) is 0 Å². The van der Waals surface area contributed by atoms with Crippen molar-refractivity contribution in [1.29, 1.82) is 0 Å². The van der Waals surface area contributed by atoms with Gasteiger partial charge in [-0.25, -0.2) is 0 Å². The van der Waals surface area contributed by atoms with Gasteiger partial charge in [-0.15, -0.1) is 0 Å². The van der Waals surface area contributed by atoms with E-state index < -0.39 is 0 Å². The first kappa shape index (κ1) is 19.2. The zero-order chi connectivity index (χ0) is 19.3. The molecule has 0 bridgehead atoms. The van der Waals surface area contributed by atoms with E-state index in [0.29, 0.717) is 0 Å². The summed E-state index contributed by atoms with van der Waals surface area (Å²) in [5, 5.41) is 0. The smallest absolute Gasteiger partial charge is 0.0561 e. The number of alkyl halides is 2. The van der Waals surface area contributed by atoms with Gasteiger partial charge in [-0.3, -0.25) is 0 Å². The fourth-order valence-corrected chi connectivity index (χ4v) is 4.55. The Labute approximate surface area is 183 Å². The molecular formula is C26H20Br2. The third-order valence-electron chi connectivity index (χ3n) is 4.91. The van der Waals surface area contributed by atoms with Crippen LogP contribution in [0.2, 0.25) is 0 Å². The van der Waals surface area contributed by atoms with Crippen LogP contribution in [-0.2, 0) is 0 Å². The van der Waals surface area contributed by atoms with Crippen LogP contribution >= 0.6 is 31.9 Å². The highest BCUT2D eigenvalue weighted by atomic mass is 79.9. The molecule has 0 aromatic heterocycles. The lowest BCUT2D eigenvalue weighted by Gasteiger charge is -2.19. The fourth-order valence-electron chi connectivity index (χ4n) is 3.35. The van der Waals surface area contributed by atoms with Gasteiger partial charge in [0.25, 0.3) is 0 Å². The summed E-state index contributed by atoms with van der Waals surface area (Å²) in [6.45, 7) is 0. The summed E-state index contributed by atoms with van der Waals surface area (Å²) in [6.07, 6.45) is 0. The Bertz CT molecular complexity index is 1020. The molecule has 0 heterocycles. The number of halogens is 2. The molecule has 2 heteroatoms. The van der Waals surface area contributed by atoms with E-state index in [0.717, 1.165) is 0 Å². The highest BCUT2D eigenvalue weighted by molar-refractivity contribution is 9.12. The molecule has 0 aliphatic rings. The van der Waals surface area contributed by atoms with Crippen LogP contribution in [0.4, 0.5) is 0 Å². The van der Waals surface area contributed by atoms with Crippen molar-refractivity contribution in [3.63, 3.8) is 0 Å². The second kappa shape index (κ2) is 8.89. The van der Waals surface area contributed by atoms with Gasteiger partial charge in [-0.2, -0.15) is 0 Å². The zero-order valence-corrected chi connectivity index (χ0v) is 18.5. The maximum absolute atomic E-state index is 3.91. The molecule has 0 fully saturated rings. The van der Waals surface area contributed by atoms with Crippen molar-refractivity contribution >= 4 is 31.9 Å². The standard InChI is InChI=1S/C26H20Br2/c27-25(22-16-14-21(15-17-22)19-8-3-1-4-9-19)26(28)24-13-7-12-23(18-24)20-10-5-2-6-11-20/h1-18,25-26H. The molecule has 0 spiro atoms. The van der Waals surface area contributed by atoms with Crippen molar-refractivity contribution in [3.05, 3.63) is 120 Å². The van der Waals surface area contributed by atoms with E-state index in [1.165, 1.54) is 33.4 Å². The molecule has 0 N–H and O–H groups in total. The fraction of sp³-hybridized carbons (Fsp3) is 0.0769. The number of hydrogen-bond acceptors (Lipinski definition) is 0. The van der Waals surface area contributed by atoms with Gasteiger partial charge in [-0.05, 0) is 39.4 Å². The van der Waals surface area contributed by atoms with Gasteiger partial charge in [0.2, 0.25) is 0 Å². The first-order valence-electron chi connectivity index (χ1n) is 9.31. The minimum absolute atomic E-state index is 0.179. The van der Waals surface area contributed by atoms with Gasteiger partial charge in [0, 0.05) is 0 Å². The molecule has 4 aromatic carbocycles. The minimum Gasteiger partial charge on any atom is -0.0823 e. The number of benzene rings is 4. The molecule has 0 aliphatic heterocycles. The van der Waals surface area contributed by atoms with Gasteiger partial charge >= 0.3 is 0 Å². The van der Waals surface area contributed by atoms with E-state index in [9.17, 15) is 0 Å². The van der Waals surface area contributed by atoms with E-state index in [4.69, 9.17) is 0 Å². The van der Waals surface area contributed by atoms with Crippen LogP contribution in [0.5, 0.6) is 0 Å². The molecule has 138 valence electrons. The summed E-state index contributed by atoms with van der Waals surface area (Å²) < 4.78 is 0. The Morgan fingerprint density at radius 2 is 0.857 bits per heavy atom. The summed E-state index contributed by atoms with van der Waals surface area (Å²) in [6, 6.07) is 38.5. The molecule has 28 heavy (non-hydrogen) atoms. The Morgan fingerprint density at radius 1 is 0.393 bits per heavy atom. The molecular weight excluding hydrogens is 472 g/mol. The number of rotatable bonds is 5. The molecule has 4 rings (SSSR count). The molecule has 2 atom stereocenters. The first-order chi connectivity index (χ1) is 13.7. The molecule has 0 aliphatic carbocycles. The largest absolute Gasteiger partial charge is 0.0823 e. The predicted octanol–water partition coefficient (Wildman–Crippen LogP) is 8.59. The van der Waals surface area contributed by atoms with Crippen LogP contribution in [0.3, 0.4) is 0 Å². The van der Waals surface area contributed by atoms with Gasteiger partial charge in [-0.1, -0.05) is 135 Å². The zero-order valence-electron chi connectivity index (χ0n) is 15.3. The minimum atomic E-state index is 0.179. The van der Waals surface area contributed by atoms with Crippen molar-refractivity contribution in [1.82, 2.24) is 0 Å². The maximum atomic E-state index is 3.91. The topological polar surface area (TPSA) is 0 Å². The van der Waals surface area contributed by atoms with Crippen LogP contribution < -0.4 is 0 Å². The summed E-state index contributed by atoms with van der Waals surface area (Å²) in [5.41, 5.74) is 7.47. The summed E-state index contributed by atoms with van der Waals surface area (Å²) in [4.78, 5) is 0.363. The molecule has 0 saturated carbocycles. The maximum Gasteiger partial charge on any atom is 0.0561 e. The first-order valence-corrected chi connectivity index (χ1v) is 11.1. The van der Waals surface area contributed by atoms with Gasteiger partial charge in [0.1, 0.15) is 0 Å². The average Bonchev–Trinajstić information content (AvgIpc) is 2.79. The van der Waals surface area contributed by atoms with Crippen LogP contribution in [-0.4, -0.2) is 0 Å². The predicted molar refractivity (Wildman–Crippen MR) is 127 cm³/mol. The molecule has 0 nitrogen and oxygen atoms in total.